The molecule has 7 heteroatoms. The number of imide groups is 1. The molecule has 2 aliphatic heterocycles. The van der Waals surface area contributed by atoms with E-state index in [2.05, 4.69) is 29.3 Å². The number of likely N-dealkylation sites (tertiary alicyclic amines) is 1. The largest absolute Gasteiger partial charge is 0.342 e. The normalized spacial score (nSPS) is 24.3. The van der Waals surface area contributed by atoms with Gasteiger partial charge in [-0.2, -0.15) is 0 Å². The number of benzene rings is 1. The molecular weight excluding hydrogens is 440 g/mol. The van der Waals surface area contributed by atoms with Gasteiger partial charge >= 0.3 is 6.03 Å². The fourth-order valence-electron chi connectivity index (χ4n) is 6.24. The maximum absolute atomic E-state index is 13.9. The van der Waals surface area contributed by atoms with Crippen molar-refractivity contribution in [1.82, 2.24) is 20.0 Å². The summed E-state index contributed by atoms with van der Waals surface area (Å²) in [4.78, 5) is 45.7. The highest BCUT2D eigenvalue weighted by Crippen LogP contribution is 2.38. The summed E-state index contributed by atoms with van der Waals surface area (Å²) in [5.41, 5.74) is 1.28. The van der Waals surface area contributed by atoms with Crippen molar-refractivity contribution < 1.29 is 14.4 Å². The van der Waals surface area contributed by atoms with E-state index in [1.165, 1.54) is 11.3 Å². The summed E-state index contributed by atoms with van der Waals surface area (Å²) in [6, 6.07) is 7.85. The summed E-state index contributed by atoms with van der Waals surface area (Å²) in [5, 5.41) is 3.18. The minimum absolute atomic E-state index is 0.00723. The highest BCUT2D eigenvalue weighted by atomic mass is 16.2. The molecule has 1 atom stereocenters. The number of rotatable bonds is 8. The van der Waals surface area contributed by atoms with E-state index in [4.69, 9.17) is 0 Å². The average Bonchev–Trinajstić information content (AvgIpc) is 3.10. The molecule has 0 aromatic heterocycles. The van der Waals surface area contributed by atoms with E-state index in [9.17, 15) is 14.4 Å². The lowest BCUT2D eigenvalue weighted by Gasteiger charge is -2.42. The molecule has 35 heavy (non-hydrogen) atoms. The monoisotopic (exact) mass is 482 g/mol. The summed E-state index contributed by atoms with van der Waals surface area (Å²) >= 11 is 0. The molecule has 1 aliphatic carbocycles. The number of nitrogens with one attached hydrogen (secondary N) is 1. The summed E-state index contributed by atoms with van der Waals surface area (Å²) in [6.07, 6.45) is 8.27. The Morgan fingerprint density at radius 2 is 1.74 bits per heavy atom. The van der Waals surface area contributed by atoms with E-state index in [0.717, 1.165) is 62.6 Å². The van der Waals surface area contributed by atoms with E-state index in [0.29, 0.717) is 32.0 Å². The molecule has 3 aliphatic rings. The Balaban J connectivity index is 1.52. The Morgan fingerprint density at radius 1 is 1.06 bits per heavy atom. The molecule has 1 N–H and O–H groups in total. The third-order valence-corrected chi connectivity index (χ3v) is 8.38. The Labute approximate surface area is 210 Å². The predicted octanol–water partition coefficient (Wildman–Crippen LogP) is 3.60. The van der Waals surface area contributed by atoms with Crippen LogP contribution in [0, 0.1) is 18.8 Å². The van der Waals surface area contributed by atoms with Crippen LogP contribution < -0.4 is 5.32 Å². The average molecular weight is 483 g/mol. The lowest BCUT2D eigenvalue weighted by atomic mass is 9.73. The molecule has 0 spiro atoms. The first-order valence-electron chi connectivity index (χ1n) is 13.4. The van der Waals surface area contributed by atoms with Gasteiger partial charge in [0, 0.05) is 32.0 Å². The zero-order valence-corrected chi connectivity index (χ0v) is 21.7. The Morgan fingerprint density at radius 3 is 2.40 bits per heavy atom. The minimum atomic E-state index is -0.943. The van der Waals surface area contributed by atoms with Gasteiger partial charge < -0.3 is 15.1 Å². The first-order valence-corrected chi connectivity index (χ1v) is 13.4. The maximum atomic E-state index is 13.9. The van der Waals surface area contributed by atoms with Gasteiger partial charge in [-0.3, -0.25) is 14.5 Å². The molecule has 1 aromatic rings. The van der Waals surface area contributed by atoms with Crippen molar-refractivity contribution in [3.63, 3.8) is 0 Å². The summed E-state index contributed by atoms with van der Waals surface area (Å²) < 4.78 is 0. The molecule has 4 amide bonds. The van der Waals surface area contributed by atoms with E-state index in [1.54, 1.807) is 0 Å². The fourth-order valence-corrected chi connectivity index (χ4v) is 6.24. The van der Waals surface area contributed by atoms with Crippen molar-refractivity contribution in [2.45, 2.75) is 70.3 Å². The third kappa shape index (κ3) is 5.55. The van der Waals surface area contributed by atoms with Crippen molar-refractivity contribution in [2.24, 2.45) is 11.8 Å². The van der Waals surface area contributed by atoms with Crippen molar-refractivity contribution in [2.75, 3.05) is 40.3 Å². The second kappa shape index (κ2) is 11.1. The van der Waals surface area contributed by atoms with Crippen LogP contribution in [0.25, 0.3) is 0 Å². The highest BCUT2D eigenvalue weighted by molar-refractivity contribution is 6.07. The van der Waals surface area contributed by atoms with Gasteiger partial charge in [-0.1, -0.05) is 43.5 Å². The topological polar surface area (TPSA) is 73.0 Å². The van der Waals surface area contributed by atoms with E-state index in [-0.39, 0.29) is 23.8 Å². The minimum Gasteiger partial charge on any atom is -0.342 e. The number of hydrogen-bond donors (Lipinski definition) is 1. The standard InChI is InChI=1S/C28H42N4O3/c1-21-10-7-8-13-23(21)20-28(26(34)32(27(35)29-28)17-9-16-30(2)3)24-14-18-31(19-15-24)25(33)22-11-5-4-6-12-22/h7-8,10,13,22,24H,4-6,9,11-12,14-20H2,1-3H3,(H,29,35)/t28-/m1/s1. The summed E-state index contributed by atoms with van der Waals surface area (Å²) in [5.74, 6) is 0.374. The smallest absolute Gasteiger partial charge is 0.325 e. The van der Waals surface area contributed by atoms with Crippen LogP contribution in [0.15, 0.2) is 24.3 Å². The molecule has 0 unspecified atom stereocenters. The van der Waals surface area contributed by atoms with Gasteiger partial charge in [-0.05, 0) is 76.7 Å². The van der Waals surface area contributed by atoms with Gasteiger partial charge in [-0.15, -0.1) is 0 Å². The molecule has 1 aromatic carbocycles. The van der Waals surface area contributed by atoms with Crippen LogP contribution in [0.2, 0.25) is 0 Å². The Hall–Kier alpha value is -2.41. The van der Waals surface area contributed by atoms with E-state index in [1.807, 2.05) is 31.1 Å². The van der Waals surface area contributed by atoms with Crippen LogP contribution in [-0.4, -0.2) is 78.4 Å². The molecule has 4 rings (SSSR count). The van der Waals surface area contributed by atoms with Crippen LogP contribution in [-0.2, 0) is 16.0 Å². The zero-order valence-electron chi connectivity index (χ0n) is 21.7. The maximum Gasteiger partial charge on any atom is 0.325 e. The molecule has 192 valence electrons. The SMILES string of the molecule is Cc1ccccc1C[C@]1(C2CCN(C(=O)C3CCCCC3)CC2)NC(=O)N(CCCN(C)C)C1=O. The number of aryl methyl sites for hydroxylation is 1. The number of carbonyl (C=O) groups is 3. The van der Waals surface area contributed by atoms with Crippen molar-refractivity contribution in [3.05, 3.63) is 35.4 Å². The first kappa shape index (κ1) is 25.7. The Kier molecular flexibility index (Phi) is 8.15. The zero-order chi connectivity index (χ0) is 25.0. The van der Waals surface area contributed by atoms with Gasteiger partial charge in [0.1, 0.15) is 5.54 Å². The van der Waals surface area contributed by atoms with E-state index >= 15 is 0 Å². The van der Waals surface area contributed by atoms with Crippen molar-refractivity contribution >= 4 is 17.8 Å². The lowest BCUT2D eigenvalue weighted by molar-refractivity contribution is -0.139. The fraction of sp³-hybridized carbons (Fsp3) is 0.679. The van der Waals surface area contributed by atoms with Gasteiger partial charge in [0.25, 0.3) is 5.91 Å². The summed E-state index contributed by atoms with van der Waals surface area (Å²) in [6.45, 7) is 4.64. The molecule has 7 nitrogen and oxygen atoms in total. The van der Waals surface area contributed by atoms with Crippen LogP contribution in [0.3, 0.4) is 0 Å². The van der Waals surface area contributed by atoms with Gasteiger partial charge in [-0.25, -0.2) is 4.79 Å². The number of urea groups is 1. The number of hydrogen-bond acceptors (Lipinski definition) is 4. The van der Waals surface area contributed by atoms with Crippen LogP contribution in [0.1, 0.15) is 62.5 Å². The Bertz CT molecular complexity index is 919. The number of carbonyl (C=O) groups excluding carboxylic acids is 3. The summed E-state index contributed by atoms with van der Waals surface area (Å²) in [7, 11) is 3.99. The third-order valence-electron chi connectivity index (χ3n) is 8.38. The molecule has 2 saturated heterocycles. The van der Waals surface area contributed by atoms with Crippen molar-refractivity contribution in [1.29, 1.82) is 0 Å². The molecular formula is C28H42N4O3. The first-order chi connectivity index (χ1) is 16.8. The van der Waals surface area contributed by atoms with E-state index < -0.39 is 5.54 Å². The molecule has 1 saturated carbocycles. The number of amides is 4. The molecule has 3 fully saturated rings. The molecule has 0 radical (unpaired) electrons. The second-order valence-electron chi connectivity index (χ2n) is 11.1. The molecule has 0 bridgehead atoms. The number of nitrogens with zero attached hydrogens (tertiary/aromatic N) is 3. The highest BCUT2D eigenvalue weighted by Gasteiger charge is 2.56. The molecule has 2 heterocycles. The lowest BCUT2D eigenvalue weighted by Crippen LogP contribution is -2.58. The van der Waals surface area contributed by atoms with Crippen LogP contribution >= 0.6 is 0 Å². The number of piperidine rings is 1. The second-order valence-corrected chi connectivity index (χ2v) is 11.1. The van der Waals surface area contributed by atoms with Gasteiger partial charge in [0.05, 0.1) is 0 Å². The van der Waals surface area contributed by atoms with Crippen LogP contribution in [0.5, 0.6) is 0 Å². The predicted molar refractivity (Wildman–Crippen MR) is 137 cm³/mol. The van der Waals surface area contributed by atoms with Gasteiger partial charge in [0.2, 0.25) is 5.91 Å². The van der Waals surface area contributed by atoms with Crippen molar-refractivity contribution in [3.8, 4) is 0 Å². The van der Waals surface area contributed by atoms with Gasteiger partial charge in [0.15, 0.2) is 0 Å². The van der Waals surface area contributed by atoms with Crippen LogP contribution in [0.4, 0.5) is 4.79 Å². The quantitative estimate of drug-likeness (QED) is 0.575.